The van der Waals surface area contributed by atoms with Crippen LogP contribution in [0.15, 0.2) is 57.9 Å². The number of ether oxygens (including phenoxy) is 7. The smallest absolute Gasteiger partial charge is 0.308 e. The van der Waals surface area contributed by atoms with Gasteiger partial charge in [-0.25, -0.2) is 0 Å². The number of carbonyl (C=O) groups excluding carboxylic acids is 5. The lowest BCUT2D eigenvalue weighted by Crippen LogP contribution is -2.63. The van der Waals surface area contributed by atoms with E-state index in [1.54, 1.807) is 24.3 Å². The lowest BCUT2D eigenvalue weighted by molar-refractivity contribution is -0.288. The van der Waals surface area contributed by atoms with E-state index < -0.39 is 67.2 Å². The predicted octanol–water partition coefficient (Wildman–Crippen LogP) is 2.85. The van der Waals surface area contributed by atoms with Crippen LogP contribution in [0.4, 0.5) is 0 Å². The van der Waals surface area contributed by atoms with Crippen molar-refractivity contribution in [1.29, 1.82) is 0 Å². The number of carbonyl (C=O) groups is 5. The molecule has 0 amide bonds. The second-order valence-electron chi connectivity index (χ2n) is 9.94. The summed E-state index contributed by atoms with van der Waals surface area (Å²) in [4.78, 5) is 72.1. The monoisotopic (exact) mass is 626 g/mol. The summed E-state index contributed by atoms with van der Waals surface area (Å²) in [6.07, 6.45) is -5.60. The molecule has 0 aliphatic carbocycles. The number of esters is 5. The second-order valence-corrected chi connectivity index (χ2v) is 9.94. The zero-order valence-corrected chi connectivity index (χ0v) is 24.9. The van der Waals surface area contributed by atoms with E-state index in [9.17, 15) is 28.8 Å². The average molecular weight is 627 g/mol. The molecular weight excluding hydrogens is 596 g/mol. The Morgan fingerprint density at radius 1 is 0.711 bits per heavy atom. The highest BCUT2D eigenvalue weighted by Crippen LogP contribution is 2.32. The predicted molar refractivity (Wildman–Crippen MR) is 152 cm³/mol. The van der Waals surface area contributed by atoms with Crippen LogP contribution in [0.5, 0.6) is 11.5 Å². The first-order chi connectivity index (χ1) is 21.3. The van der Waals surface area contributed by atoms with Crippen LogP contribution in [-0.4, -0.2) is 67.2 Å². The Kier molecular flexibility index (Phi) is 10.2. The lowest BCUT2D eigenvalue weighted by Gasteiger charge is -2.43. The van der Waals surface area contributed by atoms with Crippen molar-refractivity contribution in [3.05, 3.63) is 59.0 Å². The number of rotatable bonds is 9. The van der Waals surface area contributed by atoms with Gasteiger partial charge in [-0.2, -0.15) is 0 Å². The normalized spacial score (nSPS) is 20.9. The van der Waals surface area contributed by atoms with Gasteiger partial charge in [0, 0.05) is 40.7 Å². The van der Waals surface area contributed by atoms with Crippen molar-refractivity contribution in [1.82, 2.24) is 0 Å². The van der Waals surface area contributed by atoms with E-state index in [0.717, 1.165) is 27.7 Å². The molecule has 238 valence electrons. The standard InChI is InChI=1S/C31H30O14/c1-15(32)38-14-26-28(41-17(3)34)29(42-18(4)35)30(43-19(5)36)31(45-26)44-22-10-11-23-25(12-22)39-13-24(27(23)37)20-6-8-21(9-7-20)40-16(2)33/h6-13,26,28-31H,14H2,1-5H3/t26-,28-,29+,30-,31-/m1/s1. The van der Waals surface area contributed by atoms with Crippen molar-refractivity contribution in [2.75, 3.05) is 6.61 Å². The lowest BCUT2D eigenvalue weighted by atomic mass is 9.98. The Morgan fingerprint density at radius 3 is 1.91 bits per heavy atom. The largest absolute Gasteiger partial charge is 0.463 e. The zero-order chi connectivity index (χ0) is 32.8. The quantitative estimate of drug-likeness (QED) is 0.192. The van der Waals surface area contributed by atoms with Crippen LogP contribution in [0.1, 0.15) is 34.6 Å². The summed E-state index contributed by atoms with van der Waals surface area (Å²) in [6, 6.07) is 10.6. The maximum Gasteiger partial charge on any atom is 0.308 e. The minimum Gasteiger partial charge on any atom is -0.463 e. The molecule has 4 rings (SSSR count). The van der Waals surface area contributed by atoms with Gasteiger partial charge in [-0.1, -0.05) is 12.1 Å². The molecule has 0 radical (unpaired) electrons. The third-order valence-electron chi connectivity index (χ3n) is 6.37. The van der Waals surface area contributed by atoms with E-state index in [1.165, 1.54) is 31.4 Å². The van der Waals surface area contributed by atoms with Gasteiger partial charge in [0.15, 0.2) is 17.6 Å². The summed E-state index contributed by atoms with van der Waals surface area (Å²) in [5.74, 6) is -3.05. The molecule has 2 aromatic carbocycles. The third kappa shape index (κ3) is 8.23. The maximum absolute atomic E-state index is 13.3. The third-order valence-corrected chi connectivity index (χ3v) is 6.37. The van der Waals surface area contributed by atoms with Gasteiger partial charge in [-0.3, -0.25) is 28.8 Å². The summed E-state index contributed by atoms with van der Waals surface area (Å²) < 4.78 is 44.0. The van der Waals surface area contributed by atoms with E-state index in [2.05, 4.69) is 0 Å². The summed E-state index contributed by atoms with van der Waals surface area (Å²) in [6.45, 7) is 5.35. The van der Waals surface area contributed by atoms with Crippen LogP contribution in [0, 0.1) is 0 Å². The molecule has 5 atom stereocenters. The molecule has 0 saturated carbocycles. The van der Waals surface area contributed by atoms with Gasteiger partial charge in [-0.05, 0) is 29.8 Å². The topological polar surface area (TPSA) is 180 Å². The Labute approximate surface area is 256 Å². The van der Waals surface area contributed by atoms with Gasteiger partial charge >= 0.3 is 29.8 Å². The molecule has 1 aliphatic heterocycles. The Morgan fingerprint density at radius 2 is 1.31 bits per heavy atom. The van der Waals surface area contributed by atoms with Crippen molar-refractivity contribution in [3.63, 3.8) is 0 Å². The first kappa shape index (κ1) is 32.7. The van der Waals surface area contributed by atoms with Crippen LogP contribution in [0.25, 0.3) is 22.1 Å². The van der Waals surface area contributed by atoms with Crippen molar-refractivity contribution in [3.8, 4) is 22.6 Å². The van der Waals surface area contributed by atoms with Gasteiger partial charge in [0.05, 0.1) is 10.9 Å². The minimum absolute atomic E-state index is 0.102. The van der Waals surface area contributed by atoms with Gasteiger partial charge < -0.3 is 37.6 Å². The first-order valence-corrected chi connectivity index (χ1v) is 13.6. The summed E-state index contributed by atoms with van der Waals surface area (Å²) in [5.41, 5.74) is 0.572. The Balaban J connectivity index is 1.67. The molecule has 0 spiro atoms. The van der Waals surface area contributed by atoms with Crippen molar-refractivity contribution < 1.29 is 61.5 Å². The van der Waals surface area contributed by atoms with Crippen LogP contribution in [-0.2, 0) is 47.7 Å². The molecule has 0 bridgehead atoms. The van der Waals surface area contributed by atoms with Gasteiger partial charge in [-0.15, -0.1) is 0 Å². The molecule has 3 aromatic rings. The summed E-state index contributed by atoms with van der Waals surface area (Å²) in [7, 11) is 0. The van der Waals surface area contributed by atoms with E-state index in [0.29, 0.717) is 11.3 Å². The van der Waals surface area contributed by atoms with Crippen LogP contribution < -0.4 is 14.9 Å². The van der Waals surface area contributed by atoms with Crippen LogP contribution in [0.2, 0.25) is 0 Å². The maximum atomic E-state index is 13.3. The fraction of sp³-hybridized carbons (Fsp3) is 0.355. The molecule has 1 saturated heterocycles. The van der Waals surface area contributed by atoms with E-state index in [1.807, 2.05) is 0 Å². The van der Waals surface area contributed by atoms with Crippen molar-refractivity contribution >= 4 is 40.8 Å². The SMILES string of the molecule is CC(=O)OC[C@H]1O[C@@H](Oc2ccc3c(=O)c(-c4ccc(OC(C)=O)cc4)coc3c2)[C@H](OC(C)=O)[C@@H](OC(C)=O)[C@@H]1OC(C)=O. The molecule has 0 unspecified atom stereocenters. The molecule has 14 heteroatoms. The zero-order valence-electron chi connectivity index (χ0n) is 24.9. The number of fused-ring (bicyclic) bond motifs is 1. The molecular formula is C31H30O14. The molecule has 1 fully saturated rings. The number of benzene rings is 2. The Hall–Kier alpha value is -5.24. The molecule has 1 aromatic heterocycles. The molecule has 1 aliphatic rings. The summed E-state index contributed by atoms with van der Waals surface area (Å²) >= 11 is 0. The summed E-state index contributed by atoms with van der Waals surface area (Å²) in [5, 5.41) is 0.213. The van der Waals surface area contributed by atoms with E-state index >= 15 is 0 Å². The molecule has 2 heterocycles. The number of hydrogen-bond donors (Lipinski definition) is 0. The molecule has 14 nitrogen and oxygen atoms in total. The highest BCUT2D eigenvalue weighted by atomic mass is 16.7. The molecule has 45 heavy (non-hydrogen) atoms. The average Bonchev–Trinajstić information content (AvgIpc) is 2.95. The fourth-order valence-corrected chi connectivity index (χ4v) is 4.67. The van der Waals surface area contributed by atoms with E-state index in [-0.39, 0.29) is 27.7 Å². The highest BCUT2D eigenvalue weighted by Gasteiger charge is 2.53. The van der Waals surface area contributed by atoms with Gasteiger partial charge in [0.25, 0.3) is 0 Å². The van der Waals surface area contributed by atoms with Crippen LogP contribution in [0.3, 0.4) is 0 Å². The van der Waals surface area contributed by atoms with Crippen molar-refractivity contribution in [2.24, 2.45) is 0 Å². The Bertz CT molecular complexity index is 1660. The highest BCUT2D eigenvalue weighted by molar-refractivity contribution is 5.83. The number of hydrogen-bond acceptors (Lipinski definition) is 14. The van der Waals surface area contributed by atoms with Crippen molar-refractivity contribution in [2.45, 2.75) is 65.3 Å². The first-order valence-electron chi connectivity index (χ1n) is 13.6. The van der Waals surface area contributed by atoms with E-state index in [4.69, 9.17) is 37.6 Å². The van der Waals surface area contributed by atoms with Crippen LogP contribution >= 0.6 is 0 Å². The van der Waals surface area contributed by atoms with Gasteiger partial charge in [0.2, 0.25) is 12.4 Å². The fourth-order valence-electron chi connectivity index (χ4n) is 4.67. The van der Waals surface area contributed by atoms with Gasteiger partial charge in [0.1, 0.15) is 36.1 Å². The second kappa shape index (κ2) is 14.0. The minimum atomic E-state index is -1.47. The molecule has 0 N–H and O–H groups in total.